The molecule has 0 saturated carbocycles. The molecule has 1 N–H and O–H groups in total. The zero-order valence-electron chi connectivity index (χ0n) is 18.5. The molecule has 3 heterocycles. The first kappa shape index (κ1) is 21.6. The number of fused-ring (bicyclic) bond motifs is 1. The summed E-state index contributed by atoms with van der Waals surface area (Å²) < 4.78 is 16.8. The van der Waals surface area contributed by atoms with Gasteiger partial charge in [-0.15, -0.1) is 5.10 Å². The first-order chi connectivity index (χ1) is 16.2. The van der Waals surface area contributed by atoms with E-state index in [2.05, 4.69) is 15.2 Å². The van der Waals surface area contributed by atoms with Gasteiger partial charge in [0.15, 0.2) is 17.3 Å². The first-order valence-electron chi connectivity index (χ1n) is 11.1. The Hall–Kier alpha value is -3.20. The normalized spacial score (nSPS) is 17.6. The molecule has 5 rings (SSSR count). The van der Waals surface area contributed by atoms with Crippen LogP contribution in [-0.2, 0) is 4.79 Å². The van der Waals surface area contributed by atoms with Crippen molar-refractivity contribution in [1.29, 1.82) is 0 Å². The van der Waals surface area contributed by atoms with E-state index >= 15 is 0 Å². The number of nitrogens with one attached hydrogen (secondary N) is 1. The van der Waals surface area contributed by atoms with Crippen LogP contribution in [-0.4, -0.2) is 58.6 Å². The van der Waals surface area contributed by atoms with Crippen LogP contribution in [0.5, 0.6) is 17.2 Å². The van der Waals surface area contributed by atoms with Crippen molar-refractivity contribution in [3.05, 3.63) is 48.0 Å². The van der Waals surface area contributed by atoms with Crippen LogP contribution in [0.4, 0.5) is 0 Å². The SMILES string of the molecule is COc1ccc(-c2nc(SCC(=O)N3CCC[C@@H]3c3ccc4c(c3)OCCCO4)n[nH]2)cc1. The number of carbonyl (C=O) groups excluding carboxylic acids is 1. The molecule has 0 aliphatic carbocycles. The molecule has 3 aromatic rings. The Balaban J connectivity index is 1.23. The molecule has 1 fully saturated rings. The maximum Gasteiger partial charge on any atom is 0.233 e. The first-order valence-corrected chi connectivity index (χ1v) is 12.1. The highest BCUT2D eigenvalue weighted by Gasteiger charge is 2.31. The second-order valence-corrected chi connectivity index (χ2v) is 8.93. The molecular formula is C24H26N4O4S. The Labute approximate surface area is 196 Å². The average molecular weight is 467 g/mol. The topological polar surface area (TPSA) is 89.6 Å². The summed E-state index contributed by atoms with van der Waals surface area (Å²) in [5.74, 6) is 3.38. The molecule has 1 aromatic heterocycles. The Morgan fingerprint density at radius 3 is 2.79 bits per heavy atom. The van der Waals surface area contributed by atoms with Gasteiger partial charge in [-0.05, 0) is 54.8 Å². The van der Waals surface area contributed by atoms with Crippen molar-refractivity contribution >= 4 is 17.7 Å². The lowest BCUT2D eigenvalue weighted by molar-refractivity contribution is -0.129. The summed E-state index contributed by atoms with van der Waals surface area (Å²) in [5, 5.41) is 7.77. The quantitative estimate of drug-likeness (QED) is 0.547. The van der Waals surface area contributed by atoms with Crippen LogP contribution in [0.2, 0.25) is 0 Å². The maximum atomic E-state index is 13.1. The number of methoxy groups -OCH3 is 1. The standard InChI is InChI=1S/C24H26N4O4S/c1-30-18-8-5-16(6-9-18)23-25-24(27-26-23)33-15-22(29)28-11-2-4-19(28)17-7-10-20-21(14-17)32-13-3-12-31-20/h5-10,14,19H,2-4,11-13,15H2,1H3,(H,25,26,27)/t19-/m1/s1. The Morgan fingerprint density at radius 2 is 1.97 bits per heavy atom. The van der Waals surface area contributed by atoms with E-state index in [0.29, 0.717) is 29.9 Å². The Bertz CT molecular complexity index is 1120. The number of rotatable bonds is 6. The predicted octanol–water partition coefficient (Wildman–Crippen LogP) is 4.10. The number of nitrogens with zero attached hydrogens (tertiary/aromatic N) is 3. The van der Waals surface area contributed by atoms with Crippen molar-refractivity contribution in [2.24, 2.45) is 0 Å². The number of thioether (sulfide) groups is 1. The lowest BCUT2D eigenvalue weighted by Gasteiger charge is -2.25. The van der Waals surface area contributed by atoms with Gasteiger partial charge in [-0.3, -0.25) is 9.89 Å². The molecule has 33 heavy (non-hydrogen) atoms. The summed E-state index contributed by atoms with van der Waals surface area (Å²) in [6, 6.07) is 13.7. The van der Waals surface area contributed by atoms with Crippen molar-refractivity contribution in [3.63, 3.8) is 0 Å². The molecule has 2 aliphatic rings. The van der Waals surface area contributed by atoms with E-state index in [4.69, 9.17) is 14.2 Å². The van der Waals surface area contributed by atoms with Crippen LogP contribution >= 0.6 is 11.8 Å². The van der Waals surface area contributed by atoms with Crippen molar-refractivity contribution in [1.82, 2.24) is 20.1 Å². The number of carbonyl (C=O) groups is 1. The van der Waals surface area contributed by atoms with Crippen LogP contribution in [0.1, 0.15) is 30.9 Å². The van der Waals surface area contributed by atoms with E-state index in [0.717, 1.165) is 54.2 Å². The minimum absolute atomic E-state index is 0.0530. The number of aromatic amines is 1. The molecule has 1 saturated heterocycles. The molecule has 8 nitrogen and oxygen atoms in total. The van der Waals surface area contributed by atoms with Gasteiger partial charge in [0.25, 0.3) is 0 Å². The van der Waals surface area contributed by atoms with Crippen LogP contribution in [0.15, 0.2) is 47.6 Å². The third-order valence-electron chi connectivity index (χ3n) is 5.88. The Kier molecular flexibility index (Phi) is 6.39. The molecule has 1 atom stereocenters. The summed E-state index contributed by atoms with van der Waals surface area (Å²) in [6.45, 7) is 2.07. The second kappa shape index (κ2) is 9.74. The minimum Gasteiger partial charge on any atom is -0.497 e. The Morgan fingerprint density at radius 1 is 1.15 bits per heavy atom. The molecule has 1 amide bonds. The number of ether oxygens (including phenoxy) is 3. The third-order valence-corrected chi connectivity index (χ3v) is 6.71. The third kappa shape index (κ3) is 4.78. The fourth-order valence-corrected chi connectivity index (χ4v) is 4.88. The minimum atomic E-state index is 0.0530. The van der Waals surface area contributed by atoms with Gasteiger partial charge in [0.1, 0.15) is 5.75 Å². The number of H-pyrrole nitrogens is 1. The highest BCUT2D eigenvalue weighted by atomic mass is 32.2. The number of aromatic nitrogens is 3. The second-order valence-electron chi connectivity index (χ2n) is 7.99. The van der Waals surface area contributed by atoms with Crippen molar-refractivity contribution in [3.8, 4) is 28.6 Å². The molecule has 0 radical (unpaired) electrons. The average Bonchev–Trinajstić information content (AvgIpc) is 3.48. The van der Waals surface area contributed by atoms with Crippen molar-refractivity contribution in [2.45, 2.75) is 30.5 Å². The fourth-order valence-electron chi connectivity index (χ4n) is 4.20. The zero-order chi connectivity index (χ0) is 22.6. The molecule has 0 bridgehead atoms. The van der Waals surface area contributed by atoms with E-state index in [1.165, 1.54) is 11.8 Å². The van der Waals surface area contributed by atoms with Gasteiger partial charge in [0.2, 0.25) is 11.1 Å². The van der Waals surface area contributed by atoms with E-state index in [-0.39, 0.29) is 11.9 Å². The monoisotopic (exact) mass is 466 g/mol. The van der Waals surface area contributed by atoms with Gasteiger partial charge in [-0.25, -0.2) is 4.98 Å². The van der Waals surface area contributed by atoms with Crippen molar-refractivity contribution in [2.75, 3.05) is 32.6 Å². The van der Waals surface area contributed by atoms with Gasteiger partial charge in [0.05, 0.1) is 32.1 Å². The summed E-state index contributed by atoms with van der Waals surface area (Å²) in [4.78, 5) is 19.5. The summed E-state index contributed by atoms with van der Waals surface area (Å²) in [6.07, 6.45) is 2.80. The molecular weight excluding hydrogens is 440 g/mol. The van der Waals surface area contributed by atoms with E-state index in [9.17, 15) is 4.79 Å². The lowest BCUT2D eigenvalue weighted by atomic mass is 10.0. The van der Waals surface area contributed by atoms with Crippen LogP contribution in [0.3, 0.4) is 0 Å². The number of amides is 1. The van der Waals surface area contributed by atoms with E-state index < -0.39 is 0 Å². The lowest BCUT2D eigenvalue weighted by Crippen LogP contribution is -2.32. The van der Waals surface area contributed by atoms with E-state index in [1.54, 1.807) is 7.11 Å². The number of benzene rings is 2. The van der Waals surface area contributed by atoms with Gasteiger partial charge in [-0.2, -0.15) is 0 Å². The highest BCUT2D eigenvalue weighted by molar-refractivity contribution is 7.99. The van der Waals surface area contributed by atoms with Gasteiger partial charge < -0.3 is 19.1 Å². The fraction of sp³-hybridized carbons (Fsp3) is 0.375. The molecule has 172 valence electrons. The number of hydrogen-bond donors (Lipinski definition) is 1. The summed E-state index contributed by atoms with van der Waals surface area (Å²) in [5.41, 5.74) is 2.00. The molecule has 0 unspecified atom stereocenters. The van der Waals surface area contributed by atoms with Gasteiger partial charge >= 0.3 is 0 Å². The van der Waals surface area contributed by atoms with Gasteiger partial charge in [-0.1, -0.05) is 17.8 Å². The molecule has 9 heteroatoms. The van der Waals surface area contributed by atoms with Gasteiger partial charge in [0, 0.05) is 18.5 Å². The molecule has 0 spiro atoms. The number of likely N-dealkylation sites (tertiary alicyclic amines) is 1. The van der Waals surface area contributed by atoms with Crippen LogP contribution in [0, 0.1) is 0 Å². The largest absolute Gasteiger partial charge is 0.497 e. The molecule has 2 aromatic carbocycles. The predicted molar refractivity (Wildman–Crippen MR) is 125 cm³/mol. The number of hydrogen-bond acceptors (Lipinski definition) is 7. The highest BCUT2D eigenvalue weighted by Crippen LogP contribution is 2.38. The van der Waals surface area contributed by atoms with Crippen molar-refractivity contribution < 1.29 is 19.0 Å². The van der Waals surface area contributed by atoms with E-state index in [1.807, 2.05) is 47.4 Å². The summed E-state index contributed by atoms with van der Waals surface area (Å²) >= 11 is 1.35. The molecule has 2 aliphatic heterocycles. The van der Waals surface area contributed by atoms with Crippen LogP contribution < -0.4 is 14.2 Å². The zero-order valence-corrected chi connectivity index (χ0v) is 19.3. The summed E-state index contributed by atoms with van der Waals surface area (Å²) in [7, 11) is 1.63. The smallest absolute Gasteiger partial charge is 0.233 e. The van der Waals surface area contributed by atoms with Crippen LogP contribution in [0.25, 0.3) is 11.4 Å². The maximum absolute atomic E-state index is 13.1.